The van der Waals surface area contributed by atoms with Gasteiger partial charge in [0.25, 0.3) is 0 Å². The molecule has 104 valence electrons. The Morgan fingerprint density at radius 1 is 1.26 bits per heavy atom. The Hall–Kier alpha value is -1.31. The smallest absolute Gasteiger partial charge is 0.303 e. The van der Waals surface area contributed by atoms with Crippen LogP contribution >= 0.6 is 0 Å². The zero-order chi connectivity index (χ0) is 13.7. The van der Waals surface area contributed by atoms with Crippen LogP contribution in [0.3, 0.4) is 0 Å². The lowest BCUT2D eigenvalue weighted by Gasteiger charge is -2.13. The van der Waals surface area contributed by atoms with E-state index in [1.165, 1.54) is 36.8 Å². The highest BCUT2D eigenvalue weighted by Gasteiger charge is 2.16. The van der Waals surface area contributed by atoms with Gasteiger partial charge in [0.05, 0.1) is 0 Å². The molecule has 1 aliphatic carbocycles. The molecule has 1 fully saturated rings. The van der Waals surface area contributed by atoms with Crippen molar-refractivity contribution in [3.05, 3.63) is 35.4 Å². The minimum absolute atomic E-state index is 0.279. The summed E-state index contributed by atoms with van der Waals surface area (Å²) in [6.07, 6.45) is 7.46. The fourth-order valence-electron chi connectivity index (χ4n) is 3.06. The van der Waals surface area contributed by atoms with Crippen LogP contribution in [0.25, 0.3) is 0 Å². The van der Waals surface area contributed by atoms with Gasteiger partial charge in [-0.15, -0.1) is 0 Å². The van der Waals surface area contributed by atoms with Gasteiger partial charge in [0.1, 0.15) is 0 Å². The van der Waals surface area contributed by atoms with Crippen molar-refractivity contribution < 1.29 is 9.90 Å². The molecule has 1 unspecified atom stereocenters. The molecule has 1 atom stereocenters. The number of hydrogen-bond donors (Lipinski definition) is 1. The molecule has 0 amide bonds. The number of rotatable bonds is 6. The van der Waals surface area contributed by atoms with E-state index in [-0.39, 0.29) is 6.42 Å². The highest BCUT2D eigenvalue weighted by molar-refractivity contribution is 5.66. The molecule has 2 nitrogen and oxygen atoms in total. The monoisotopic (exact) mass is 260 g/mol. The molecule has 2 rings (SSSR count). The first kappa shape index (κ1) is 14.1. The fourth-order valence-corrected chi connectivity index (χ4v) is 3.06. The molecule has 1 aromatic carbocycles. The SMILES string of the molecule is CC(CCC(=O)O)Cc1ccc(C2CCCC2)cc1. The molecular weight excluding hydrogens is 236 g/mol. The van der Waals surface area contributed by atoms with E-state index in [1.54, 1.807) is 0 Å². The van der Waals surface area contributed by atoms with E-state index < -0.39 is 5.97 Å². The Bertz CT molecular complexity index is 402. The molecule has 19 heavy (non-hydrogen) atoms. The maximum atomic E-state index is 10.5. The molecule has 1 aliphatic rings. The van der Waals surface area contributed by atoms with Gasteiger partial charge in [0, 0.05) is 6.42 Å². The largest absolute Gasteiger partial charge is 0.481 e. The molecule has 0 saturated heterocycles. The second-order valence-corrected chi connectivity index (χ2v) is 5.96. The minimum atomic E-state index is -0.691. The van der Waals surface area contributed by atoms with Crippen molar-refractivity contribution in [3.63, 3.8) is 0 Å². The number of hydrogen-bond acceptors (Lipinski definition) is 1. The topological polar surface area (TPSA) is 37.3 Å². The summed E-state index contributed by atoms with van der Waals surface area (Å²) in [7, 11) is 0. The van der Waals surface area contributed by atoms with E-state index >= 15 is 0 Å². The van der Waals surface area contributed by atoms with Crippen LogP contribution in [0, 0.1) is 5.92 Å². The molecule has 0 heterocycles. The van der Waals surface area contributed by atoms with Crippen molar-refractivity contribution in [3.8, 4) is 0 Å². The Kier molecular flexibility index (Phi) is 5.00. The van der Waals surface area contributed by atoms with E-state index in [0.717, 1.165) is 18.8 Å². The minimum Gasteiger partial charge on any atom is -0.481 e. The third-order valence-corrected chi connectivity index (χ3v) is 4.24. The van der Waals surface area contributed by atoms with E-state index in [2.05, 4.69) is 31.2 Å². The number of benzene rings is 1. The van der Waals surface area contributed by atoms with E-state index in [9.17, 15) is 4.79 Å². The third kappa shape index (κ3) is 4.38. The number of carboxylic acids is 1. The first-order valence-corrected chi connectivity index (χ1v) is 7.46. The summed E-state index contributed by atoms with van der Waals surface area (Å²) in [5.74, 6) is 0.523. The second kappa shape index (κ2) is 6.74. The number of carboxylic acid groups (broad SMARTS) is 1. The average Bonchev–Trinajstić information content (AvgIpc) is 2.91. The highest BCUT2D eigenvalue weighted by Crippen LogP contribution is 2.34. The molecule has 0 aromatic heterocycles. The molecule has 1 N–H and O–H groups in total. The molecule has 0 radical (unpaired) electrons. The van der Waals surface area contributed by atoms with Gasteiger partial charge in [-0.1, -0.05) is 44.0 Å². The van der Waals surface area contributed by atoms with Crippen molar-refractivity contribution in [1.82, 2.24) is 0 Å². The van der Waals surface area contributed by atoms with Crippen LogP contribution in [-0.2, 0) is 11.2 Å². The van der Waals surface area contributed by atoms with Crippen LogP contribution in [0.4, 0.5) is 0 Å². The normalized spacial score (nSPS) is 17.5. The summed E-state index contributed by atoms with van der Waals surface area (Å²) >= 11 is 0. The van der Waals surface area contributed by atoms with Crippen LogP contribution < -0.4 is 0 Å². The first-order chi connectivity index (χ1) is 9.15. The van der Waals surface area contributed by atoms with Crippen molar-refractivity contribution >= 4 is 5.97 Å². The Balaban J connectivity index is 1.85. The van der Waals surface area contributed by atoms with Crippen molar-refractivity contribution in [2.24, 2.45) is 5.92 Å². The van der Waals surface area contributed by atoms with Crippen LogP contribution in [0.1, 0.15) is 62.5 Å². The van der Waals surface area contributed by atoms with Gasteiger partial charge < -0.3 is 5.11 Å². The van der Waals surface area contributed by atoms with Gasteiger partial charge in [0.15, 0.2) is 0 Å². The highest BCUT2D eigenvalue weighted by atomic mass is 16.4. The standard InChI is InChI=1S/C17H24O2/c1-13(6-11-17(18)19)12-14-7-9-16(10-8-14)15-4-2-3-5-15/h7-10,13,15H,2-6,11-12H2,1H3,(H,18,19). The number of carbonyl (C=O) groups is 1. The average molecular weight is 260 g/mol. The molecule has 2 heteroatoms. The molecule has 0 spiro atoms. The summed E-state index contributed by atoms with van der Waals surface area (Å²) in [5.41, 5.74) is 2.82. The summed E-state index contributed by atoms with van der Waals surface area (Å²) in [6, 6.07) is 9.00. The lowest BCUT2D eigenvalue weighted by Crippen LogP contribution is -2.04. The van der Waals surface area contributed by atoms with Gasteiger partial charge in [-0.2, -0.15) is 0 Å². The van der Waals surface area contributed by atoms with Crippen LogP contribution in [0.15, 0.2) is 24.3 Å². The van der Waals surface area contributed by atoms with E-state index in [0.29, 0.717) is 5.92 Å². The molecular formula is C17H24O2. The van der Waals surface area contributed by atoms with E-state index in [1.807, 2.05) is 0 Å². The lowest BCUT2D eigenvalue weighted by atomic mass is 9.93. The first-order valence-electron chi connectivity index (χ1n) is 7.46. The number of aliphatic carboxylic acids is 1. The van der Waals surface area contributed by atoms with Gasteiger partial charge in [-0.05, 0) is 48.6 Å². The lowest BCUT2D eigenvalue weighted by molar-refractivity contribution is -0.137. The fraction of sp³-hybridized carbons (Fsp3) is 0.588. The van der Waals surface area contributed by atoms with Crippen molar-refractivity contribution in [2.75, 3.05) is 0 Å². The van der Waals surface area contributed by atoms with E-state index in [4.69, 9.17) is 5.11 Å². The summed E-state index contributed by atoms with van der Waals surface area (Å²) in [5, 5.41) is 8.69. The van der Waals surface area contributed by atoms with Crippen LogP contribution in [0.2, 0.25) is 0 Å². The zero-order valence-corrected chi connectivity index (χ0v) is 11.8. The van der Waals surface area contributed by atoms with Gasteiger partial charge in [-0.25, -0.2) is 0 Å². The zero-order valence-electron chi connectivity index (χ0n) is 11.8. The van der Waals surface area contributed by atoms with Gasteiger partial charge >= 0.3 is 5.97 Å². The van der Waals surface area contributed by atoms with Crippen molar-refractivity contribution in [1.29, 1.82) is 0 Å². The molecule has 0 bridgehead atoms. The maximum Gasteiger partial charge on any atom is 0.303 e. The Labute approximate surface area is 115 Å². The summed E-state index contributed by atoms with van der Waals surface area (Å²) < 4.78 is 0. The summed E-state index contributed by atoms with van der Waals surface area (Å²) in [4.78, 5) is 10.5. The maximum absolute atomic E-state index is 10.5. The quantitative estimate of drug-likeness (QED) is 0.823. The van der Waals surface area contributed by atoms with Crippen LogP contribution in [-0.4, -0.2) is 11.1 Å². The second-order valence-electron chi connectivity index (χ2n) is 5.96. The van der Waals surface area contributed by atoms with Gasteiger partial charge in [-0.3, -0.25) is 4.79 Å². The third-order valence-electron chi connectivity index (χ3n) is 4.24. The van der Waals surface area contributed by atoms with Gasteiger partial charge in [0.2, 0.25) is 0 Å². The molecule has 0 aliphatic heterocycles. The molecule has 1 aromatic rings. The van der Waals surface area contributed by atoms with Crippen molar-refractivity contribution in [2.45, 2.75) is 57.8 Å². The predicted octanol–water partition coefficient (Wildman–Crippen LogP) is 4.39. The Morgan fingerprint density at radius 3 is 2.47 bits per heavy atom. The van der Waals surface area contributed by atoms with Crippen LogP contribution in [0.5, 0.6) is 0 Å². The Morgan fingerprint density at radius 2 is 1.89 bits per heavy atom. The predicted molar refractivity (Wildman–Crippen MR) is 77.4 cm³/mol. The molecule has 1 saturated carbocycles. The summed E-state index contributed by atoms with van der Waals surface area (Å²) in [6.45, 7) is 2.13.